The number of benzene rings is 1. The molecule has 18 heavy (non-hydrogen) atoms. The van der Waals surface area contributed by atoms with E-state index in [9.17, 15) is 9.18 Å². The Morgan fingerprint density at radius 3 is 2.78 bits per heavy atom. The molecule has 0 saturated carbocycles. The summed E-state index contributed by atoms with van der Waals surface area (Å²) in [5.74, 6) is -0.0693. The Hall–Kier alpha value is -2.56. The van der Waals surface area contributed by atoms with Gasteiger partial charge in [0.15, 0.2) is 17.8 Å². The van der Waals surface area contributed by atoms with Crippen LogP contribution in [0.15, 0.2) is 42.6 Å². The van der Waals surface area contributed by atoms with E-state index < -0.39 is 0 Å². The molecule has 0 unspecified atom stereocenters. The minimum Gasteiger partial charge on any atom is -0.298 e. The second kappa shape index (κ2) is 4.03. The van der Waals surface area contributed by atoms with E-state index in [1.54, 1.807) is 36.5 Å². The van der Waals surface area contributed by atoms with Crippen molar-refractivity contribution in [1.82, 2.24) is 14.6 Å². The van der Waals surface area contributed by atoms with Crippen molar-refractivity contribution in [3.63, 3.8) is 0 Å². The van der Waals surface area contributed by atoms with Gasteiger partial charge < -0.3 is 0 Å². The normalized spacial score (nSPS) is 10.7. The highest BCUT2D eigenvalue weighted by molar-refractivity contribution is 5.75. The van der Waals surface area contributed by atoms with E-state index in [4.69, 9.17) is 0 Å². The van der Waals surface area contributed by atoms with Crippen molar-refractivity contribution in [3.05, 3.63) is 54.0 Å². The summed E-state index contributed by atoms with van der Waals surface area (Å²) in [7, 11) is 0. The summed E-state index contributed by atoms with van der Waals surface area (Å²) in [6, 6.07) is 9.62. The van der Waals surface area contributed by atoms with Crippen molar-refractivity contribution in [2.75, 3.05) is 0 Å². The minimum atomic E-state index is -0.371. The molecule has 0 fully saturated rings. The third kappa shape index (κ3) is 1.66. The van der Waals surface area contributed by atoms with E-state index in [-0.39, 0.29) is 5.82 Å². The molecule has 1 aromatic carbocycles. The number of hydrogen-bond donors (Lipinski definition) is 0. The topological polar surface area (TPSA) is 47.3 Å². The van der Waals surface area contributed by atoms with Crippen molar-refractivity contribution in [3.8, 4) is 11.4 Å². The lowest BCUT2D eigenvalue weighted by Gasteiger charge is -1.95. The third-order valence-electron chi connectivity index (χ3n) is 2.60. The fourth-order valence-electron chi connectivity index (χ4n) is 1.73. The summed E-state index contributed by atoms with van der Waals surface area (Å²) >= 11 is 0. The van der Waals surface area contributed by atoms with Gasteiger partial charge in [0.2, 0.25) is 0 Å². The number of aromatic nitrogens is 3. The van der Waals surface area contributed by atoms with Crippen molar-refractivity contribution in [1.29, 1.82) is 0 Å². The van der Waals surface area contributed by atoms with E-state index in [2.05, 4.69) is 10.1 Å². The van der Waals surface area contributed by atoms with Crippen molar-refractivity contribution >= 4 is 11.9 Å². The fraction of sp³-hybridized carbons (Fsp3) is 0. The summed E-state index contributed by atoms with van der Waals surface area (Å²) in [4.78, 5) is 14.9. The molecule has 0 radical (unpaired) electrons. The Morgan fingerprint density at radius 1 is 1.17 bits per heavy atom. The molecule has 88 valence electrons. The number of aldehydes is 1. The van der Waals surface area contributed by atoms with Gasteiger partial charge in [-0.3, -0.25) is 4.79 Å². The van der Waals surface area contributed by atoms with Crippen LogP contribution in [0.2, 0.25) is 0 Å². The Bertz CT molecular complexity index is 736. The van der Waals surface area contributed by atoms with Crippen LogP contribution in [-0.4, -0.2) is 20.9 Å². The molecule has 2 heterocycles. The number of rotatable bonds is 2. The van der Waals surface area contributed by atoms with Crippen LogP contribution in [0, 0.1) is 5.82 Å². The zero-order chi connectivity index (χ0) is 12.5. The largest absolute Gasteiger partial charge is 0.298 e. The fourth-order valence-corrected chi connectivity index (χ4v) is 1.73. The average Bonchev–Trinajstić information content (AvgIpc) is 2.81. The second-order valence-electron chi connectivity index (χ2n) is 3.80. The molecule has 0 amide bonds. The molecule has 3 rings (SSSR count). The standard InChI is InChI=1S/C13H8FN3O/c14-11-4-2-1-3-10(11)13-15-12-6-5-9(8-18)7-17(12)16-13/h1-8H. The van der Waals surface area contributed by atoms with E-state index >= 15 is 0 Å². The predicted octanol–water partition coefficient (Wildman–Crippen LogP) is 2.35. The van der Waals surface area contributed by atoms with Crippen LogP contribution in [0.1, 0.15) is 10.4 Å². The maximum atomic E-state index is 13.6. The van der Waals surface area contributed by atoms with Gasteiger partial charge in [-0.25, -0.2) is 13.9 Å². The first-order valence-electron chi connectivity index (χ1n) is 5.34. The molecule has 0 bridgehead atoms. The Morgan fingerprint density at radius 2 is 2.00 bits per heavy atom. The third-order valence-corrected chi connectivity index (χ3v) is 2.60. The molecule has 0 aliphatic rings. The Kier molecular flexibility index (Phi) is 2.37. The van der Waals surface area contributed by atoms with E-state index in [1.165, 1.54) is 10.6 Å². The second-order valence-corrected chi connectivity index (χ2v) is 3.80. The highest BCUT2D eigenvalue weighted by atomic mass is 19.1. The van der Waals surface area contributed by atoms with Gasteiger partial charge >= 0.3 is 0 Å². The Balaban J connectivity index is 2.19. The summed E-state index contributed by atoms with van der Waals surface area (Å²) < 4.78 is 15.1. The van der Waals surface area contributed by atoms with Crippen molar-refractivity contribution in [2.24, 2.45) is 0 Å². The number of halogens is 1. The molecule has 0 aliphatic carbocycles. The summed E-state index contributed by atoms with van der Waals surface area (Å²) in [5.41, 5.74) is 1.40. The van der Waals surface area contributed by atoms with Crippen LogP contribution in [-0.2, 0) is 0 Å². The zero-order valence-corrected chi connectivity index (χ0v) is 9.25. The molecule has 5 heteroatoms. The van der Waals surface area contributed by atoms with Gasteiger partial charge in [0, 0.05) is 11.8 Å². The Labute approximate surface area is 102 Å². The van der Waals surface area contributed by atoms with E-state index in [1.807, 2.05) is 0 Å². The monoisotopic (exact) mass is 241 g/mol. The van der Waals surface area contributed by atoms with Crippen molar-refractivity contribution < 1.29 is 9.18 Å². The van der Waals surface area contributed by atoms with Crippen LogP contribution in [0.4, 0.5) is 4.39 Å². The quantitative estimate of drug-likeness (QED) is 0.647. The van der Waals surface area contributed by atoms with Gasteiger partial charge in [0.1, 0.15) is 5.82 Å². The van der Waals surface area contributed by atoms with Gasteiger partial charge in [-0.1, -0.05) is 12.1 Å². The number of pyridine rings is 1. The summed E-state index contributed by atoms with van der Waals surface area (Å²) in [6.45, 7) is 0. The number of hydrogen-bond acceptors (Lipinski definition) is 3. The lowest BCUT2D eigenvalue weighted by molar-refractivity contribution is 0.112. The highest BCUT2D eigenvalue weighted by Crippen LogP contribution is 2.19. The summed E-state index contributed by atoms with van der Waals surface area (Å²) in [5, 5.41) is 4.16. The van der Waals surface area contributed by atoms with Crippen LogP contribution < -0.4 is 0 Å². The lowest BCUT2D eigenvalue weighted by Crippen LogP contribution is -1.90. The number of carbonyl (C=O) groups excluding carboxylic acids is 1. The molecule has 3 aromatic rings. The first kappa shape index (κ1) is 10.6. The maximum absolute atomic E-state index is 13.6. The van der Waals surface area contributed by atoms with E-state index in [0.717, 1.165) is 6.29 Å². The molecule has 0 aliphatic heterocycles. The first-order valence-corrected chi connectivity index (χ1v) is 5.34. The number of fused-ring (bicyclic) bond motifs is 1. The maximum Gasteiger partial charge on any atom is 0.185 e. The molecule has 0 saturated heterocycles. The van der Waals surface area contributed by atoms with Gasteiger partial charge in [0.05, 0.1) is 5.56 Å². The van der Waals surface area contributed by atoms with Gasteiger partial charge in [0.25, 0.3) is 0 Å². The zero-order valence-electron chi connectivity index (χ0n) is 9.25. The van der Waals surface area contributed by atoms with E-state index in [0.29, 0.717) is 22.6 Å². The highest BCUT2D eigenvalue weighted by Gasteiger charge is 2.10. The number of nitrogens with zero attached hydrogens (tertiary/aromatic N) is 3. The van der Waals surface area contributed by atoms with Crippen molar-refractivity contribution in [2.45, 2.75) is 0 Å². The summed E-state index contributed by atoms with van der Waals surface area (Å²) in [6.07, 6.45) is 2.28. The van der Waals surface area contributed by atoms with Gasteiger partial charge in [-0.15, -0.1) is 5.10 Å². The average molecular weight is 241 g/mol. The molecule has 2 aromatic heterocycles. The van der Waals surface area contributed by atoms with Crippen LogP contribution in [0.5, 0.6) is 0 Å². The molecule has 0 atom stereocenters. The van der Waals surface area contributed by atoms with Crippen LogP contribution in [0.25, 0.3) is 17.0 Å². The first-order chi connectivity index (χ1) is 8.78. The van der Waals surface area contributed by atoms with Crippen LogP contribution >= 0.6 is 0 Å². The smallest absolute Gasteiger partial charge is 0.185 e. The molecular formula is C13H8FN3O. The predicted molar refractivity (Wildman–Crippen MR) is 63.8 cm³/mol. The van der Waals surface area contributed by atoms with Gasteiger partial charge in [-0.2, -0.15) is 0 Å². The molecule has 0 N–H and O–H groups in total. The number of carbonyl (C=O) groups is 1. The molecular weight excluding hydrogens is 233 g/mol. The van der Waals surface area contributed by atoms with Crippen LogP contribution in [0.3, 0.4) is 0 Å². The minimum absolute atomic E-state index is 0.302. The van der Waals surface area contributed by atoms with Gasteiger partial charge in [-0.05, 0) is 24.3 Å². The lowest BCUT2D eigenvalue weighted by atomic mass is 10.2. The SMILES string of the molecule is O=Cc1ccc2nc(-c3ccccc3F)nn2c1. The molecule has 4 nitrogen and oxygen atoms in total. The molecule has 0 spiro atoms.